The SMILES string of the molecule is CNc1nc(Oc2cc(Br)ccc2F)c2cn[nH]c2n1. The van der Waals surface area contributed by atoms with E-state index < -0.39 is 5.82 Å². The fourth-order valence-corrected chi connectivity index (χ4v) is 2.00. The van der Waals surface area contributed by atoms with Crippen LogP contribution < -0.4 is 10.1 Å². The Morgan fingerprint density at radius 3 is 3.00 bits per heavy atom. The normalized spacial score (nSPS) is 10.8. The maximum absolute atomic E-state index is 13.7. The highest BCUT2D eigenvalue weighted by Crippen LogP contribution is 2.30. The first-order valence-corrected chi connectivity index (χ1v) is 6.48. The zero-order valence-corrected chi connectivity index (χ0v) is 11.9. The standard InChI is InChI=1S/C12H9BrFN5O/c1-15-12-17-10-7(5-16-19-10)11(18-12)20-9-4-6(13)2-3-8(9)14/h2-5H,1H3,(H2,15,16,17,18,19). The summed E-state index contributed by atoms with van der Waals surface area (Å²) < 4.78 is 20.0. The second-order valence-electron chi connectivity index (χ2n) is 3.91. The highest BCUT2D eigenvalue weighted by atomic mass is 79.9. The second kappa shape index (κ2) is 5.04. The van der Waals surface area contributed by atoms with Gasteiger partial charge in [-0.05, 0) is 18.2 Å². The number of nitrogens with zero attached hydrogens (tertiary/aromatic N) is 3. The minimum absolute atomic E-state index is 0.0719. The van der Waals surface area contributed by atoms with Gasteiger partial charge in [-0.3, -0.25) is 5.10 Å². The minimum Gasteiger partial charge on any atom is -0.435 e. The average Bonchev–Trinajstić information content (AvgIpc) is 2.91. The Balaban J connectivity index is 2.09. The number of nitrogens with one attached hydrogen (secondary N) is 2. The molecule has 0 bridgehead atoms. The Morgan fingerprint density at radius 1 is 1.35 bits per heavy atom. The van der Waals surface area contributed by atoms with Crippen molar-refractivity contribution >= 4 is 32.9 Å². The molecule has 8 heteroatoms. The lowest BCUT2D eigenvalue weighted by molar-refractivity contribution is 0.432. The summed E-state index contributed by atoms with van der Waals surface area (Å²) in [7, 11) is 1.68. The fourth-order valence-electron chi connectivity index (χ4n) is 1.66. The first kappa shape index (κ1) is 12.8. The molecule has 0 saturated carbocycles. The van der Waals surface area contributed by atoms with Crippen LogP contribution in [0.25, 0.3) is 11.0 Å². The molecular formula is C12H9BrFN5O. The molecule has 20 heavy (non-hydrogen) atoms. The lowest BCUT2D eigenvalue weighted by Crippen LogP contribution is -1.99. The van der Waals surface area contributed by atoms with Crippen molar-refractivity contribution in [3.05, 3.63) is 34.7 Å². The maximum atomic E-state index is 13.7. The number of hydrogen-bond donors (Lipinski definition) is 2. The van der Waals surface area contributed by atoms with Gasteiger partial charge in [0.2, 0.25) is 11.8 Å². The van der Waals surface area contributed by atoms with Crippen LogP contribution in [0.15, 0.2) is 28.9 Å². The summed E-state index contributed by atoms with van der Waals surface area (Å²) >= 11 is 3.27. The van der Waals surface area contributed by atoms with Gasteiger partial charge in [-0.2, -0.15) is 15.1 Å². The zero-order valence-electron chi connectivity index (χ0n) is 10.3. The van der Waals surface area contributed by atoms with Gasteiger partial charge in [0.25, 0.3) is 0 Å². The van der Waals surface area contributed by atoms with Crippen LogP contribution in [0.3, 0.4) is 0 Å². The number of H-pyrrole nitrogens is 1. The van der Waals surface area contributed by atoms with Crippen LogP contribution >= 0.6 is 15.9 Å². The molecule has 2 N–H and O–H groups in total. The van der Waals surface area contributed by atoms with Crippen molar-refractivity contribution in [3.8, 4) is 11.6 Å². The number of anilines is 1. The van der Waals surface area contributed by atoms with E-state index >= 15 is 0 Å². The summed E-state index contributed by atoms with van der Waals surface area (Å²) in [6.45, 7) is 0. The van der Waals surface area contributed by atoms with Crippen LogP contribution in [0.2, 0.25) is 0 Å². The number of ether oxygens (including phenoxy) is 1. The van der Waals surface area contributed by atoms with Crippen molar-refractivity contribution < 1.29 is 9.13 Å². The number of halogens is 2. The second-order valence-corrected chi connectivity index (χ2v) is 4.83. The Hall–Kier alpha value is -2.22. The van der Waals surface area contributed by atoms with Crippen LogP contribution in [0.5, 0.6) is 11.6 Å². The van der Waals surface area contributed by atoms with Gasteiger partial charge in [0.1, 0.15) is 5.39 Å². The first-order chi connectivity index (χ1) is 9.67. The van der Waals surface area contributed by atoms with Crippen molar-refractivity contribution in [3.63, 3.8) is 0 Å². The van der Waals surface area contributed by atoms with E-state index in [9.17, 15) is 4.39 Å². The average molecular weight is 338 g/mol. The number of rotatable bonds is 3. The number of benzene rings is 1. The van der Waals surface area contributed by atoms with Gasteiger partial charge in [-0.15, -0.1) is 0 Å². The van der Waals surface area contributed by atoms with Crippen molar-refractivity contribution in [1.29, 1.82) is 0 Å². The summed E-state index contributed by atoms with van der Waals surface area (Å²) in [4.78, 5) is 8.34. The molecule has 0 aliphatic heterocycles. The minimum atomic E-state index is -0.477. The zero-order chi connectivity index (χ0) is 14.1. The molecule has 0 spiro atoms. The predicted octanol–water partition coefficient (Wildman–Crippen LogP) is 3.09. The van der Waals surface area contributed by atoms with Gasteiger partial charge < -0.3 is 10.1 Å². The van der Waals surface area contributed by atoms with Crippen molar-refractivity contribution in [2.75, 3.05) is 12.4 Å². The lowest BCUT2D eigenvalue weighted by Gasteiger charge is -2.08. The molecule has 102 valence electrons. The van der Waals surface area contributed by atoms with E-state index in [1.54, 1.807) is 13.1 Å². The van der Waals surface area contributed by atoms with Crippen LogP contribution in [-0.4, -0.2) is 27.2 Å². The van der Waals surface area contributed by atoms with E-state index in [1.807, 2.05) is 0 Å². The summed E-state index contributed by atoms with van der Waals surface area (Å²) in [5, 5.41) is 9.98. The molecule has 0 unspecified atom stereocenters. The lowest BCUT2D eigenvalue weighted by atomic mass is 10.3. The molecule has 3 rings (SSSR count). The molecule has 0 atom stereocenters. The quantitative estimate of drug-likeness (QED) is 0.768. The molecule has 0 amide bonds. The maximum Gasteiger partial charge on any atom is 0.235 e. The molecule has 2 aromatic heterocycles. The Labute approximate surface area is 121 Å². The number of fused-ring (bicyclic) bond motifs is 1. The molecule has 0 aliphatic carbocycles. The van der Waals surface area contributed by atoms with Crippen LogP contribution in [-0.2, 0) is 0 Å². The third kappa shape index (κ3) is 2.29. The fraction of sp³-hybridized carbons (Fsp3) is 0.0833. The van der Waals surface area contributed by atoms with Crippen LogP contribution in [0.1, 0.15) is 0 Å². The highest BCUT2D eigenvalue weighted by Gasteiger charge is 2.13. The van der Waals surface area contributed by atoms with Crippen LogP contribution in [0, 0.1) is 5.82 Å². The molecule has 1 aromatic carbocycles. The Morgan fingerprint density at radius 2 is 2.20 bits per heavy atom. The first-order valence-electron chi connectivity index (χ1n) is 5.69. The third-order valence-corrected chi connectivity index (χ3v) is 3.09. The smallest absolute Gasteiger partial charge is 0.235 e. The van der Waals surface area contributed by atoms with E-state index in [4.69, 9.17) is 4.74 Å². The molecule has 0 saturated heterocycles. The summed E-state index contributed by atoms with van der Waals surface area (Å²) in [6, 6.07) is 4.43. The van der Waals surface area contributed by atoms with Gasteiger partial charge in [-0.1, -0.05) is 15.9 Å². The van der Waals surface area contributed by atoms with E-state index in [-0.39, 0.29) is 11.6 Å². The number of hydrogen-bond acceptors (Lipinski definition) is 5. The molecule has 3 aromatic rings. The number of aromatic amines is 1. The molecule has 0 aliphatic rings. The summed E-state index contributed by atoms with van der Waals surface area (Å²) in [5.74, 6) is 0.175. The van der Waals surface area contributed by atoms with E-state index in [2.05, 4.69) is 41.4 Å². The van der Waals surface area contributed by atoms with Gasteiger partial charge in [-0.25, -0.2) is 4.39 Å². The highest BCUT2D eigenvalue weighted by molar-refractivity contribution is 9.10. The number of aromatic nitrogens is 4. The van der Waals surface area contributed by atoms with Gasteiger partial charge in [0.15, 0.2) is 17.2 Å². The summed E-state index contributed by atoms with van der Waals surface area (Å²) in [5.41, 5.74) is 0.509. The van der Waals surface area contributed by atoms with E-state index in [0.717, 1.165) is 0 Å². The predicted molar refractivity (Wildman–Crippen MR) is 75.4 cm³/mol. The Bertz CT molecular complexity index is 776. The monoisotopic (exact) mass is 337 g/mol. The molecule has 0 fully saturated rings. The van der Waals surface area contributed by atoms with Crippen molar-refractivity contribution in [2.45, 2.75) is 0 Å². The molecule has 2 heterocycles. The third-order valence-electron chi connectivity index (χ3n) is 2.60. The van der Waals surface area contributed by atoms with Gasteiger partial charge >= 0.3 is 0 Å². The van der Waals surface area contributed by atoms with Crippen molar-refractivity contribution in [2.24, 2.45) is 0 Å². The van der Waals surface area contributed by atoms with E-state index in [0.29, 0.717) is 21.5 Å². The molecule has 6 nitrogen and oxygen atoms in total. The van der Waals surface area contributed by atoms with Gasteiger partial charge in [0.05, 0.1) is 6.20 Å². The topological polar surface area (TPSA) is 75.7 Å². The van der Waals surface area contributed by atoms with Crippen LogP contribution in [0.4, 0.5) is 10.3 Å². The van der Waals surface area contributed by atoms with Gasteiger partial charge in [0, 0.05) is 11.5 Å². The largest absolute Gasteiger partial charge is 0.435 e. The van der Waals surface area contributed by atoms with Crippen molar-refractivity contribution in [1.82, 2.24) is 20.2 Å². The van der Waals surface area contributed by atoms with E-state index in [1.165, 1.54) is 18.3 Å². The summed E-state index contributed by atoms with van der Waals surface area (Å²) in [6.07, 6.45) is 1.53. The molecule has 0 radical (unpaired) electrons. The molecular weight excluding hydrogens is 329 g/mol. The Kier molecular flexibility index (Phi) is 3.23.